The van der Waals surface area contributed by atoms with Crippen LogP contribution in [0.2, 0.25) is 0 Å². The van der Waals surface area contributed by atoms with Gasteiger partial charge in [0.2, 0.25) is 5.91 Å². The van der Waals surface area contributed by atoms with Crippen molar-refractivity contribution in [1.82, 2.24) is 9.96 Å². The van der Waals surface area contributed by atoms with Crippen molar-refractivity contribution in [3.8, 4) is 11.8 Å². The summed E-state index contributed by atoms with van der Waals surface area (Å²) < 4.78 is 0. The summed E-state index contributed by atoms with van der Waals surface area (Å²) in [5, 5.41) is 0.499. The van der Waals surface area contributed by atoms with Gasteiger partial charge in [0.1, 0.15) is 0 Å². The zero-order valence-corrected chi connectivity index (χ0v) is 16.3. The SMILES string of the molecule is O=C(CCC(=O)N1Cc2ccccc2C#CC2=C1C=CCC2)ON1C(=O)CCC1=O. The van der Waals surface area contributed by atoms with Crippen molar-refractivity contribution in [3.05, 3.63) is 58.8 Å². The molecule has 1 fully saturated rings. The minimum absolute atomic E-state index is 0.0303. The van der Waals surface area contributed by atoms with E-state index in [-0.39, 0.29) is 31.6 Å². The van der Waals surface area contributed by atoms with Crippen LogP contribution in [0.3, 0.4) is 0 Å². The maximum absolute atomic E-state index is 13.1. The van der Waals surface area contributed by atoms with Gasteiger partial charge in [-0.15, -0.1) is 5.06 Å². The van der Waals surface area contributed by atoms with Gasteiger partial charge in [-0.1, -0.05) is 36.1 Å². The number of hydroxylamine groups is 2. The maximum Gasteiger partial charge on any atom is 0.333 e. The van der Waals surface area contributed by atoms with Crippen molar-refractivity contribution in [2.45, 2.75) is 45.1 Å². The molecule has 7 heteroatoms. The van der Waals surface area contributed by atoms with Gasteiger partial charge < -0.3 is 9.74 Å². The minimum Gasteiger partial charge on any atom is -0.330 e. The Balaban J connectivity index is 1.49. The van der Waals surface area contributed by atoms with Gasteiger partial charge in [-0.3, -0.25) is 14.4 Å². The Morgan fingerprint density at radius 2 is 1.77 bits per heavy atom. The first-order valence-corrected chi connectivity index (χ1v) is 9.89. The standard InChI is InChI=1S/C23H20N2O5/c26-20(13-14-23(29)30-25-21(27)11-12-22(25)28)24-15-18-7-2-1-5-16(18)9-10-17-6-3-4-8-19(17)24/h1-2,4-5,7-8H,3,6,11-15H2. The second kappa shape index (κ2) is 8.37. The molecule has 0 saturated carbocycles. The van der Waals surface area contributed by atoms with E-state index in [2.05, 4.69) is 11.8 Å². The average Bonchev–Trinajstić information content (AvgIpc) is 3.05. The predicted octanol–water partition coefficient (Wildman–Crippen LogP) is 2.37. The van der Waals surface area contributed by atoms with Crippen LogP contribution in [0, 0.1) is 11.8 Å². The predicted molar refractivity (Wildman–Crippen MR) is 106 cm³/mol. The number of carbonyl (C=O) groups is 4. The molecule has 152 valence electrons. The highest BCUT2D eigenvalue weighted by Gasteiger charge is 2.33. The number of allylic oxidation sites excluding steroid dienone is 3. The summed E-state index contributed by atoms with van der Waals surface area (Å²) >= 11 is 0. The molecule has 2 aliphatic heterocycles. The molecule has 1 aromatic rings. The number of carbonyl (C=O) groups excluding carboxylic acids is 4. The van der Waals surface area contributed by atoms with Gasteiger partial charge in [0.25, 0.3) is 11.8 Å². The molecule has 3 aliphatic rings. The molecule has 30 heavy (non-hydrogen) atoms. The lowest BCUT2D eigenvalue weighted by Gasteiger charge is -2.28. The van der Waals surface area contributed by atoms with E-state index in [1.165, 1.54) is 0 Å². The maximum atomic E-state index is 13.1. The van der Waals surface area contributed by atoms with E-state index in [9.17, 15) is 19.2 Å². The Labute approximate surface area is 173 Å². The molecule has 0 N–H and O–H groups in total. The van der Waals surface area contributed by atoms with Crippen molar-refractivity contribution in [2.24, 2.45) is 0 Å². The summed E-state index contributed by atoms with van der Waals surface area (Å²) in [7, 11) is 0. The number of fused-ring (bicyclic) bond motifs is 1. The fourth-order valence-electron chi connectivity index (χ4n) is 3.58. The quantitative estimate of drug-likeness (QED) is 0.568. The normalized spacial score (nSPS) is 17.6. The molecule has 0 unspecified atom stereocenters. The molecule has 1 aliphatic carbocycles. The summed E-state index contributed by atoms with van der Waals surface area (Å²) in [6.45, 7) is 0.352. The molecular weight excluding hydrogens is 384 g/mol. The highest BCUT2D eigenvalue weighted by Crippen LogP contribution is 2.27. The van der Waals surface area contributed by atoms with Crippen LogP contribution < -0.4 is 0 Å². The van der Waals surface area contributed by atoms with Crippen LogP contribution >= 0.6 is 0 Å². The molecule has 3 amide bonds. The van der Waals surface area contributed by atoms with Gasteiger partial charge in [0.15, 0.2) is 0 Å². The van der Waals surface area contributed by atoms with Crippen LogP contribution in [0.1, 0.15) is 49.7 Å². The van der Waals surface area contributed by atoms with Crippen LogP contribution in [0.25, 0.3) is 0 Å². The van der Waals surface area contributed by atoms with Crippen molar-refractivity contribution < 1.29 is 24.0 Å². The van der Waals surface area contributed by atoms with Crippen molar-refractivity contribution in [2.75, 3.05) is 0 Å². The average molecular weight is 404 g/mol. The third-order valence-corrected chi connectivity index (χ3v) is 5.17. The summed E-state index contributed by atoms with van der Waals surface area (Å²) in [4.78, 5) is 54.8. The smallest absolute Gasteiger partial charge is 0.330 e. The molecule has 1 saturated heterocycles. The van der Waals surface area contributed by atoms with Crippen LogP contribution in [-0.2, 0) is 30.6 Å². The van der Waals surface area contributed by atoms with E-state index < -0.39 is 17.8 Å². The first-order valence-electron chi connectivity index (χ1n) is 9.89. The van der Waals surface area contributed by atoms with Gasteiger partial charge in [0, 0.05) is 30.4 Å². The fourth-order valence-corrected chi connectivity index (χ4v) is 3.58. The third kappa shape index (κ3) is 4.03. The van der Waals surface area contributed by atoms with Crippen LogP contribution in [-0.4, -0.2) is 33.7 Å². The Hall–Kier alpha value is -3.66. The lowest BCUT2D eigenvalue weighted by molar-refractivity contribution is -0.197. The van der Waals surface area contributed by atoms with Crippen LogP contribution in [0.4, 0.5) is 0 Å². The van der Waals surface area contributed by atoms with Crippen molar-refractivity contribution in [1.29, 1.82) is 0 Å². The first-order chi connectivity index (χ1) is 14.5. The number of amides is 3. The van der Waals surface area contributed by atoms with Crippen molar-refractivity contribution in [3.63, 3.8) is 0 Å². The molecular formula is C23H20N2O5. The molecule has 0 bridgehead atoms. The summed E-state index contributed by atoms with van der Waals surface area (Å²) in [5.74, 6) is 4.28. The highest BCUT2D eigenvalue weighted by atomic mass is 16.7. The van der Waals surface area contributed by atoms with Gasteiger partial charge in [0.05, 0.1) is 18.7 Å². The molecule has 2 heterocycles. The zero-order valence-electron chi connectivity index (χ0n) is 16.3. The van der Waals surface area contributed by atoms with E-state index in [0.29, 0.717) is 11.6 Å². The van der Waals surface area contributed by atoms with Gasteiger partial charge in [-0.05, 0) is 30.5 Å². The number of rotatable bonds is 4. The molecule has 0 atom stereocenters. The second-order valence-corrected chi connectivity index (χ2v) is 7.24. The molecule has 0 aromatic heterocycles. The summed E-state index contributed by atoms with van der Waals surface area (Å²) in [5.41, 5.74) is 3.46. The number of nitrogens with zero attached hydrogens (tertiary/aromatic N) is 2. The summed E-state index contributed by atoms with van der Waals surface area (Å²) in [6, 6.07) is 7.67. The largest absolute Gasteiger partial charge is 0.333 e. The number of imide groups is 1. The van der Waals surface area contributed by atoms with E-state index in [0.717, 1.165) is 35.2 Å². The Kier molecular flexibility index (Phi) is 5.48. The number of benzene rings is 1. The van der Waals surface area contributed by atoms with E-state index in [4.69, 9.17) is 4.84 Å². The van der Waals surface area contributed by atoms with Crippen molar-refractivity contribution >= 4 is 23.7 Å². The Bertz CT molecular complexity index is 1040. The molecule has 0 radical (unpaired) electrons. The number of hydrogen-bond acceptors (Lipinski definition) is 5. The topological polar surface area (TPSA) is 84.0 Å². The second-order valence-electron chi connectivity index (χ2n) is 7.24. The molecule has 0 spiro atoms. The lowest BCUT2D eigenvalue weighted by Crippen LogP contribution is -2.34. The van der Waals surface area contributed by atoms with Gasteiger partial charge >= 0.3 is 5.97 Å². The molecule has 4 rings (SSSR count). The first kappa shape index (κ1) is 19.6. The van der Waals surface area contributed by atoms with E-state index in [1.54, 1.807) is 4.90 Å². The zero-order chi connectivity index (χ0) is 21.1. The van der Waals surface area contributed by atoms with E-state index >= 15 is 0 Å². The van der Waals surface area contributed by atoms with E-state index in [1.807, 2.05) is 36.4 Å². The molecule has 1 aromatic carbocycles. The molecule has 7 nitrogen and oxygen atoms in total. The van der Waals surface area contributed by atoms with Crippen LogP contribution in [0.5, 0.6) is 0 Å². The summed E-state index contributed by atoms with van der Waals surface area (Å²) in [6.07, 6.45) is 5.26. The Morgan fingerprint density at radius 1 is 1.00 bits per heavy atom. The number of hydrogen-bond donors (Lipinski definition) is 0. The minimum atomic E-state index is -0.785. The van der Waals surface area contributed by atoms with Gasteiger partial charge in [-0.25, -0.2) is 4.79 Å². The third-order valence-electron chi connectivity index (χ3n) is 5.17. The monoisotopic (exact) mass is 404 g/mol. The fraction of sp³-hybridized carbons (Fsp3) is 0.304. The van der Waals surface area contributed by atoms with Crippen LogP contribution in [0.15, 0.2) is 47.7 Å². The Morgan fingerprint density at radius 3 is 2.57 bits per heavy atom. The lowest BCUT2D eigenvalue weighted by atomic mass is 9.97. The van der Waals surface area contributed by atoms with Gasteiger partial charge in [-0.2, -0.15) is 0 Å². The highest BCUT2D eigenvalue weighted by molar-refractivity contribution is 6.01.